The Balaban J connectivity index is 1.94. The first-order chi connectivity index (χ1) is 12.1. The monoisotopic (exact) mass is 359 g/mol. The molecule has 132 valence electrons. The lowest BCUT2D eigenvalue weighted by molar-refractivity contribution is -0.121. The number of hydrogen-bond acceptors (Lipinski definition) is 3. The van der Waals surface area contributed by atoms with Gasteiger partial charge in [-0.05, 0) is 24.5 Å². The molecule has 1 amide bonds. The van der Waals surface area contributed by atoms with Gasteiger partial charge in [-0.3, -0.25) is 4.79 Å². The van der Waals surface area contributed by atoms with Crippen LogP contribution in [0.4, 0.5) is 5.69 Å². The predicted octanol–water partition coefficient (Wildman–Crippen LogP) is 4.81. The van der Waals surface area contributed by atoms with Crippen molar-refractivity contribution < 1.29 is 14.3 Å². The third-order valence-corrected chi connectivity index (χ3v) is 5.24. The van der Waals surface area contributed by atoms with Crippen LogP contribution in [-0.2, 0) is 10.2 Å². The van der Waals surface area contributed by atoms with E-state index in [4.69, 9.17) is 21.1 Å². The summed E-state index contributed by atoms with van der Waals surface area (Å²) in [5.41, 5.74) is 1.11. The van der Waals surface area contributed by atoms with E-state index in [1.165, 1.54) is 0 Å². The van der Waals surface area contributed by atoms with E-state index in [-0.39, 0.29) is 5.91 Å². The van der Waals surface area contributed by atoms with Crippen LogP contribution in [0.25, 0.3) is 0 Å². The van der Waals surface area contributed by atoms with Gasteiger partial charge in [0.25, 0.3) is 0 Å². The van der Waals surface area contributed by atoms with E-state index in [2.05, 4.69) is 5.32 Å². The Kier molecular flexibility index (Phi) is 5.19. The SMILES string of the molecule is COc1cc(OC)c(NC(=O)C2(c3ccccc3)CCCC2)cc1Cl. The number of benzene rings is 2. The molecule has 0 unspecified atom stereocenters. The second kappa shape index (κ2) is 7.36. The van der Waals surface area contributed by atoms with Crippen molar-refractivity contribution in [2.45, 2.75) is 31.1 Å². The molecule has 1 saturated carbocycles. The first-order valence-corrected chi connectivity index (χ1v) is 8.77. The lowest BCUT2D eigenvalue weighted by Gasteiger charge is -2.28. The van der Waals surface area contributed by atoms with E-state index in [9.17, 15) is 4.79 Å². The van der Waals surface area contributed by atoms with E-state index in [0.717, 1.165) is 31.2 Å². The fourth-order valence-corrected chi connectivity index (χ4v) is 3.82. The molecule has 2 aromatic rings. The molecule has 1 aliphatic carbocycles. The quantitative estimate of drug-likeness (QED) is 0.833. The second-order valence-electron chi connectivity index (χ2n) is 6.30. The Morgan fingerprint density at radius 2 is 1.68 bits per heavy atom. The Bertz CT molecular complexity index is 755. The highest BCUT2D eigenvalue weighted by Gasteiger charge is 2.42. The molecular formula is C20H22ClNO3. The topological polar surface area (TPSA) is 47.6 Å². The number of ether oxygens (including phenoxy) is 2. The first-order valence-electron chi connectivity index (χ1n) is 8.39. The Hall–Kier alpha value is -2.20. The summed E-state index contributed by atoms with van der Waals surface area (Å²) in [7, 11) is 3.10. The maximum atomic E-state index is 13.2. The summed E-state index contributed by atoms with van der Waals surface area (Å²) in [6.07, 6.45) is 3.77. The minimum atomic E-state index is -0.501. The second-order valence-corrected chi connectivity index (χ2v) is 6.70. The van der Waals surface area contributed by atoms with Crippen molar-refractivity contribution in [1.82, 2.24) is 0 Å². The first kappa shape index (κ1) is 17.6. The molecular weight excluding hydrogens is 338 g/mol. The van der Waals surface area contributed by atoms with Crippen LogP contribution < -0.4 is 14.8 Å². The molecule has 0 aliphatic heterocycles. The number of rotatable bonds is 5. The predicted molar refractivity (Wildman–Crippen MR) is 99.8 cm³/mol. The van der Waals surface area contributed by atoms with Crippen molar-refractivity contribution in [3.8, 4) is 11.5 Å². The lowest BCUT2D eigenvalue weighted by Crippen LogP contribution is -2.38. The highest BCUT2D eigenvalue weighted by molar-refractivity contribution is 6.32. The number of nitrogens with one attached hydrogen (secondary N) is 1. The van der Waals surface area contributed by atoms with Crippen LogP contribution >= 0.6 is 11.6 Å². The van der Waals surface area contributed by atoms with E-state index in [0.29, 0.717) is 22.2 Å². The van der Waals surface area contributed by atoms with E-state index in [1.807, 2.05) is 30.3 Å². The van der Waals surface area contributed by atoms with Crippen LogP contribution in [0, 0.1) is 0 Å². The maximum Gasteiger partial charge on any atom is 0.235 e. The van der Waals surface area contributed by atoms with Crippen molar-refractivity contribution in [1.29, 1.82) is 0 Å². The summed E-state index contributed by atoms with van der Waals surface area (Å²) in [6, 6.07) is 13.3. The van der Waals surface area contributed by atoms with Gasteiger partial charge < -0.3 is 14.8 Å². The number of halogens is 1. The summed E-state index contributed by atoms with van der Waals surface area (Å²) in [5.74, 6) is 1.02. The van der Waals surface area contributed by atoms with Gasteiger partial charge in [0.2, 0.25) is 5.91 Å². The average Bonchev–Trinajstić information content (AvgIpc) is 3.14. The molecule has 0 atom stereocenters. The Morgan fingerprint density at radius 3 is 2.28 bits per heavy atom. The van der Waals surface area contributed by atoms with Gasteiger partial charge in [0.1, 0.15) is 11.5 Å². The fourth-order valence-electron chi connectivity index (χ4n) is 3.58. The molecule has 0 radical (unpaired) electrons. The minimum Gasteiger partial charge on any atom is -0.495 e. The normalized spacial score (nSPS) is 15.6. The zero-order valence-electron chi connectivity index (χ0n) is 14.5. The number of carbonyl (C=O) groups excluding carboxylic acids is 1. The van der Waals surface area contributed by atoms with Crippen molar-refractivity contribution in [3.63, 3.8) is 0 Å². The molecule has 1 aliphatic rings. The van der Waals surface area contributed by atoms with Crippen molar-refractivity contribution >= 4 is 23.2 Å². The molecule has 0 saturated heterocycles. The van der Waals surface area contributed by atoms with Crippen molar-refractivity contribution in [2.24, 2.45) is 0 Å². The zero-order valence-corrected chi connectivity index (χ0v) is 15.2. The number of methoxy groups -OCH3 is 2. The molecule has 5 heteroatoms. The van der Waals surface area contributed by atoms with Crippen LogP contribution in [0.5, 0.6) is 11.5 Å². The molecule has 1 N–H and O–H groups in total. The van der Waals surface area contributed by atoms with Crippen LogP contribution in [0.15, 0.2) is 42.5 Å². The number of carbonyl (C=O) groups is 1. The van der Waals surface area contributed by atoms with Crippen LogP contribution in [0.2, 0.25) is 5.02 Å². The molecule has 1 fully saturated rings. The third kappa shape index (κ3) is 3.31. The highest BCUT2D eigenvalue weighted by atomic mass is 35.5. The molecule has 0 heterocycles. The summed E-state index contributed by atoms with van der Waals surface area (Å²) in [5, 5.41) is 3.46. The van der Waals surface area contributed by atoms with Gasteiger partial charge in [-0.25, -0.2) is 0 Å². The van der Waals surface area contributed by atoms with Gasteiger partial charge in [-0.2, -0.15) is 0 Å². The van der Waals surface area contributed by atoms with E-state index < -0.39 is 5.41 Å². The van der Waals surface area contributed by atoms with Crippen LogP contribution in [0.3, 0.4) is 0 Å². The van der Waals surface area contributed by atoms with E-state index >= 15 is 0 Å². The van der Waals surface area contributed by atoms with Gasteiger partial charge in [0.15, 0.2) is 0 Å². The molecule has 3 rings (SSSR count). The fraction of sp³-hybridized carbons (Fsp3) is 0.350. The molecule has 0 aromatic heterocycles. The van der Waals surface area contributed by atoms with Crippen molar-refractivity contribution in [2.75, 3.05) is 19.5 Å². The zero-order chi connectivity index (χ0) is 17.9. The summed E-state index contributed by atoms with van der Waals surface area (Å²) < 4.78 is 10.6. The number of amides is 1. The van der Waals surface area contributed by atoms with Crippen LogP contribution in [0.1, 0.15) is 31.2 Å². The highest BCUT2D eigenvalue weighted by Crippen LogP contribution is 2.43. The minimum absolute atomic E-state index is 0.0178. The Morgan fingerprint density at radius 1 is 1.04 bits per heavy atom. The maximum absolute atomic E-state index is 13.2. The smallest absolute Gasteiger partial charge is 0.235 e. The standard InChI is InChI=1S/C20H22ClNO3/c1-24-17-13-18(25-2)16(12-15(17)21)22-19(23)20(10-6-7-11-20)14-8-4-3-5-9-14/h3-5,8-9,12-13H,6-7,10-11H2,1-2H3,(H,22,23). The largest absolute Gasteiger partial charge is 0.495 e. The van der Waals surface area contributed by atoms with Gasteiger partial charge >= 0.3 is 0 Å². The molecule has 0 spiro atoms. The molecule has 25 heavy (non-hydrogen) atoms. The average molecular weight is 360 g/mol. The number of anilines is 1. The summed E-state index contributed by atoms with van der Waals surface area (Å²) in [4.78, 5) is 13.2. The van der Waals surface area contributed by atoms with Gasteiger partial charge in [-0.1, -0.05) is 54.8 Å². The van der Waals surface area contributed by atoms with Gasteiger partial charge in [-0.15, -0.1) is 0 Å². The number of hydrogen-bond donors (Lipinski definition) is 1. The summed E-state index contributed by atoms with van der Waals surface area (Å²) >= 11 is 6.22. The summed E-state index contributed by atoms with van der Waals surface area (Å²) in [6.45, 7) is 0. The van der Waals surface area contributed by atoms with E-state index in [1.54, 1.807) is 26.4 Å². The molecule has 2 aromatic carbocycles. The van der Waals surface area contributed by atoms with Crippen LogP contribution in [-0.4, -0.2) is 20.1 Å². The van der Waals surface area contributed by atoms with Crippen molar-refractivity contribution in [3.05, 3.63) is 53.1 Å². The molecule has 4 nitrogen and oxygen atoms in total. The lowest BCUT2D eigenvalue weighted by atomic mass is 9.78. The van der Waals surface area contributed by atoms with Gasteiger partial charge in [0.05, 0.1) is 30.3 Å². The molecule has 0 bridgehead atoms. The van der Waals surface area contributed by atoms with Gasteiger partial charge in [0, 0.05) is 6.07 Å². The Labute approximate surface area is 153 Å². The third-order valence-electron chi connectivity index (χ3n) is 4.94.